The molecule has 0 fully saturated rings. The van der Waals surface area contributed by atoms with Gasteiger partial charge in [-0.15, -0.1) is 5.10 Å². The number of hydrazone groups is 2. The van der Waals surface area contributed by atoms with Gasteiger partial charge in [0.1, 0.15) is 21.2 Å². The average Bonchev–Trinajstić information content (AvgIpc) is 3.80. The molecule has 2 atom stereocenters. The number of nitrogens with one attached hydrogen (secondary N) is 1. The van der Waals surface area contributed by atoms with Crippen molar-refractivity contribution in [3.05, 3.63) is 139 Å². The van der Waals surface area contributed by atoms with Crippen molar-refractivity contribution in [1.82, 2.24) is 0 Å². The number of anilines is 3. The van der Waals surface area contributed by atoms with Crippen LogP contribution in [0.2, 0.25) is 0 Å². The molecule has 0 bridgehead atoms. The number of amides is 2. The van der Waals surface area contributed by atoms with Crippen molar-refractivity contribution in [2.75, 3.05) is 15.3 Å². The largest absolute Gasteiger partial charge is 0.501 e. The molecule has 3 aromatic rings. The topological polar surface area (TPSA) is 436 Å². The molecule has 2 unspecified atom stereocenters. The lowest BCUT2D eigenvalue weighted by molar-refractivity contribution is -0.386. The molecule has 3 aliphatic carbocycles. The first-order chi connectivity index (χ1) is 36.0. The number of azo groups is 2. The van der Waals surface area contributed by atoms with Crippen molar-refractivity contribution in [2.45, 2.75) is 37.8 Å². The molecular weight excluding hydrogens is 1100 g/mol. The highest BCUT2D eigenvalue weighted by atomic mass is 35.5. The minimum Gasteiger partial charge on any atom is -0.501 e. The highest BCUT2D eigenvalue weighted by Gasteiger charge is 2.39. The van der Waals surface area contributed by atoms with Gasteiger partial charge in [0.2, 0.25) is 27.4 Å². The number of rotatable bonds is 12. The van der Waals surface area contributed by atoms with Crippen LogP contribution >= 0.6 is 11.6 Å². The number of phenols is 1. The van der Waals surface area contributed by atoms with E-state index in [2.05, 4.69) is 46.2 Å². The van der Waals surface area contributed by atoms with Crippen LogP contribution in [0.1, 0.15) is 36.7 Å². The van der Waals surface area contributed by atoms with Gasteiger partial charge in [-0.25, -0.2) is 4.21 Å². The van der Waals surface area contributed by atoms with Crippen LogP contribution in [-0.2, 0) is 44.7 Å². The normalized spacial score (nSPS) is 21.0. The van der Waals surface area contributed by atoms with E-state index in [1.165, 1.54) is 74.5 Å². The van der Waals surface area contributed by atoms with Crippen LogP contribution in [-0.4, -0.2) is 118 Å². The molecule has 7 N–H and O–H groups in total. The number of carbonyl (C=O) groups is 4. The molecule has 0 radical (unpaired) electrons. The number of halogens is 1. The fourth-order valence-corrected chi connectivity index (χ4v) is 9.37. The number of carbonyl (C=O) groups excluding carboxylic acids is 4. The standard InChI is InChI=1S/C44H33ClN12O17S3/c1-19-12-22(42(61)46-24-5-7-25(8-6-24)55-43(62)36(20(2)53-55)50-48-32-16-27(75(66,67)68)15-30(45)40(32)59)4-11-31(19)47-52-38-35(77(72,73)74)14-23-13-26(9-10-29(23)39(38)58)56-44(63)37(21(3)54-56)51-49-33-17-28(76(69,70)71)18-34(41(33)60)57(64)65/h4-18,36-37,46,60-61H,1-3H3,(H2,66,67,68)(H,69,70,71)(H,72,73,74). The summed E-state index contributed by atoms with van der Waals surface area (Å²) < 4.78 is 99.1. The number of Topliss-reactive ketones (excluding diaryl/α,β-unsaturated/α-hetero) is 2. The zero-order chi connectivity index (χ0) is 56.2. The first-order valence-corrected chi connectivity index (χ1v) is 26.0. The number of hydrogen-bond donors (Lipinski definition) is 7. The van der Waals surface area contributed by atoms with E-state index in [0.717, 1.165) is 28.2 Å². The van der Waals surface area contributed by atoms with Gasteiger partial charge in [-0.3, -0.25) is 47.5 Å². The molecular formula is C44H33ClN12O17S3. The van der Waals surface area contributed by atoms with E-state index in [4.69, 9.17) is 11.6 Å². The van der Waals surface area contributed by atoms with E-state index >= 15 is 0 Å². The smallest absolute Gasteiger partial charge is 0.314 e. The van der Waals surface area contributed by atoms with Crippen LogP contribution in [0.5, 0.6) is 5.75 Å². The van der Waals surface area contributed by atoms with Crippen molar-refractivity contribution in [1.29, 1.82) is 0 Å². The number of nitro benzene ring substituents is 1. The van der Waals surface area contributed by atoms with Crippen LogP contribution in [0.25, 0.3) is 6.08 Å². The molecule has 3 aromatic carbocycles. The van der Waals surface area contributed by atoms with Gasteiger partial charge in [-0.05, 0) is 117 Å². The monoisotopic (exact) mass is 1130 g/mol. The lowest BCUT2D eigenvalue weighted by atomic mass is 9.94. The molecule has 396 valence electrons. The summed E-state index contributed by atoms with van der Waals surface area (Å²) >= 11 is 5.84. The Morgan fingerprint density at radius 2 is 1.36 bits per heavy atom. The molecule has 8 rings (SSSR count). The highest BCUT2D eigenvalue weighted by molar-refractivity contribution is 7.92. The third-order valence-electron chi connectivity index (χ3n) is 11.2. The Bertz CT molecular complexity index is 4010. The van der Waals surface area contributed by atoms with Gasteiger partial charge >= 0.3 is 5.69 Å². The molecule has 0 spiro atoms. The van der Waals surface area contributed by atoms with Crippen molar-refractivity contribution in [3.8, 4) is 5.75 Å². The summed E-state index contributed by atoms with van der Waals surface area (Å²) in [6, 6.07) is 7.75. The average molecular weight is 1130 g/mol. The molecule has 0 aromatic heterocycles. The number of benzene rings is 3. The molecule has 2 amide bonds. The molecule has 0 saturated heterocycles. The maximum absolute atomic E-state index is 13.8. The van der Waals surface area contributed by atoms with Crippen LogP contribution in [0.3, 0.4) is 0 Å². The number of aromatic hydroxyl groups is 1. The van der Waals surface area contributed by atoms with Crippen molar-refractivity contribution in [2.24, 2.45) is 40.9 Å². The summed E-state index contributed by atoms with van der Waals surface area (Å²) in [4.78, 5) is 60.8. The molecule has 2 heterocycles. The SMILES string of the molecule is CC1=CC(=C(O)Nc2ccc(N3N=C(C)C(N=NC4=CC(=S(=O)(O)O)C=C(Cl)C4=O)C3=O)cc2)C=CC1=NN=C1C(=O)c2ccc(N3N=C(C)C(N=Nc4cc(S(=O)(=O)O)cc([N+](=O)[O-])c4O)C3=O)cc2C=C1S(=O)(=O)O. The lowest BCUT2D eigenvalue weighted by Crippen LogP contribution is -2.30. The van der Waals surface area contributed by atoms with Crippen molar-refractivity contribution >= 4 is 128 Å². The summed E-state index contributed by atoms with van der Waals surface area (Å²) in [6.45, 7) is 4.37. The second-order valence-corrected chi connectivity index (χ2v) is 21.1. The zero-order valence-electron chi connectivity index (χ0n) is 39.0. The number of aliphatic hydroxyl groups excluding tert-OH is 1. The molecule has 33 heteroatoms. The number of nitrogens with zero attached hydrogens (tertiary/aromatic N) is 11. The minimum atomic E-state index is -5.18. The van der Waals surface area contributed by atoms with Gasteiger partial charge in [0.15, 0.2) is 23.7 Å². The van der Waals surface area contributed by atoms with E-state index in [1.807, 2.05) is 0 Å². The van der Waals surface area contributed by atoms with Crippen LogP contribution in [0.15, 0.2) is 163 Å². The second-order valence-electron chi connectivity index (χ2n) is 16.5. The molecule has 77 heavy (non-hydrogen) atoms. The minimum absolute atomic E-state index is 0.0240. The summed E-state index contributed by atoms with van der Waals surface area (Å²) in [5, 5.41) is 68.1. The van der Waals surface area contributed by atoms with Crippen molar-refractivity contribution < 1.29 is 73.6 Å². The number of fused-ring (bicyclic) bond motifs is 1. The van der Waals surface area contributed by atoms with E-state index in [-0.39, 0.29) is 51.1 Å². The molecule has 5 aliphatic rings. The molecule has 29 nitrogen and oxygen atoms in total. The Labute approximate surface area is 437 Å². The zero-order valence-corrected chi connectivity index (χ0v) is 42.2. The van der Waals surface area contributed by atoms with Gasteiger partial charge < -0.3 is 15.5 Å². The summed E-state index contributed by atoms with van der Waals surface area (Å²) in [7, 11) is -14.7. The third-order valence-corrected chi connectivity index (χ3v) is 14.1. The quantitative estimate of drug-likeness (QED) is 0.0291. The van der Waals surface area contributed by atoms with Gasteiger partial charge in [0.25, 0.3) is 32.1 Å². The fourth-order valence-electron chi connectivity index (χ4n) is 7.38. The number of aliphatic hydroxyl groups is 1. The number of hydrogen-bond acceptors (Lipinski definition) is 22. The van der Waals surface area contributed by atoms with Gasteiger partial charge in [0, 0.05) is 22.9 Å². The number of allylic oxidation sites excluding steroid dienone is 9. The number of nitro groups is 1. The number of phenolic OH excluding ortho intramolecular Hbond substituents is 1. The fraction of sp³-hybridized carbons (Fsp3) is 0.114. The summed E-state index contributed by atoms with van der Waals surface area (Å²) in [5.74, 6) is -4.94. The van der Waals surface area contributed by atoms with Gasteiger partial charge in [-0.2, -0.15) is 62.6 Å². The second kappa shape index (κ2) is 20.3. The third kappa shape index (κ3) is 11.1. The van der Waals surface area contributed by atoms with Crippen LogP contribution in [0.4, 0.5) is 28.4 Å². The number of ketones is 2. The highest BCUT2D eigenvalue weighted by Crippen LogP contribution is 2.40. The first kappa shape index (κ1) is 54.4. The summed E-state index contributed by atoms with van der Waals surface area (Å²) in [5.41, 5.74) is -2.07. The van der Waals surface area contributed by atoms with Crippen LogP contribution in [0, 0.1) is 10.1 Å². The Morgan fingerprint density at radius 1 is 0.753 bits per heavy atom. The predicted molar refractivity (Wildman–Crippen MR) is 276 cm³/mol. The van der Waals surface area contributed by atoms with E-state index in [9.17, 15) is 78.8 Å². The lowest BCUT2D eigenvalue weighted by Gasteiger charge is -2.18. The van der Waals surface area contributed by atoms with Gasteiger partial charge in [0.05, 0.1) is 43.3 Å². The maximum Gasteiger partial charge on any atom is 0.314 e. The Hall–Kier alpha value is -8.89. The van der Waals surface area contributed by atoms with Crippen LogP contribution < -0.4 is 15.3 Å². The molecule has 2 aliphatic heterocycles. The van der Waals surface area contributed by atoms with Gasteiger partial charge in [-0.1, -0.05) is 11.6 Å². The Balaban J connectivity index is 0.953. The van der Waals surface area contributed by atoms with E-state index < -0.39 is 119 Å². The van der Waals surface area contributed by atoms with E-state index in [0.29, 0.717) is 23.4 Å². The van der Waals surface area contributed by atoms with E-state index in [1.54, 1.807) is 6.92 Å². The van der Waals surface area contributed by atoms with Crippen molar-refractivity contribution in [3.63, 3.8) is 0 Å². The Morgan fingerprint density at radius 3 is 1.95 bits per heavy atom. The first-order valence-electron chi connectivity index (χ1n) is 21.3. The predicted octanol–water partition coefficient (Wildman–Crippen LogP) is 5.58. The maximum atomic E-state index is 13.8. The molecule has 0 saturated carbocycles. The Kier molecular flexibility index (Phi) is 14.4. The summed E-state index contributed by atoms with van der Waals surface area (Å²) in [6.07, 6.45) is 6.79.